The first-order valence-electron chi connectivity index (χ1n) is 4.11. The average molecular weight is 172 g/mol. The smallest absolute Gasteiger partial charge is 0.309 e. The van der Waals surface area contributed by atoms with Gasteiger partial charge in [0.05, 0.1) is 26.2 Å². The molecule has 0 bridgehead atoms. The number of hydrogen-bond acceptors (Lipinski definition) is 4. The van der Waals surface area contributed by atoms with E-state index in [0.717, 1.165) is 0 Å². The minimum absolute atomic E-state index is 0.0203. The third-order valence-corrected chi connectivity index (χ3v) is 2.46. The van der Waals surface area contributed by atoms with Gasteiger partial charge in [0, 0.05) is 12.8 Å². The molecule has 1 aliphatic carbocycles. The van der Waals surface area contributed by atoms with Gasteiger partial charge in [0.25, 0.3) is 0 Å². The van der Waals surface area contributed by atoms with Gasteiger partial charge in [0.2, 0.25) is 0 Å². The Morgan fingerprint density at radius 2 is 2.00 bits per heavy atom. The van der Waals surface area contributed by atoms with Gasteiger partial charge in [-0.3, -0.25) is 4.79 Å². The molecule has 12 heavy (non-hydrogen) atoms. The molecule has 1 heterocycles. The normalized spacial score (nSPS) is 27.1. The number of ether oxygens (including phenoxy) is 3. The Balaban J connectivity index is 1.86. The van der Waals surface area contributed by atoms with Gasteiger partial charge in [-0.05, 0) is 0 Å². The summed E-state index contributed by atoms with van der Waals surface area (Å²) < 4.78 is 15.3. The summed E-state index contributed by atoms with van der Waals surface area (Å²) in [5, 5.41) is 0. The second-order valence-corrected chi connectivity index (χ2v) is 3.24. The van der Waals surface area contributed by atoms with Crippen LogP contribution in [-0.4, -0.2) is 32.1 Å². The van der Waals surface area contributed by atoms with Gasteiger partial charge in [-0.15, -0.1) is 0 Å². The lowest BCUT2D eigenvalue weighted by Crippen LogP contribution is -2.48. The first-order valence-corrected chi connectivity index (χ1v) is 4.11. The Kier molecular flexibility index (Phi) is 1.81. The lowest BCUT2D eigenvalue weighted by atomic mass is 9.79. The van der Waals surface area contributed by atoms with Gasteiger partial charge >= 0.3 is 5.97 Å². The molecule has 2 aliphatic rings. The van der Waals surface area contributed by atoms with Crippen molar-refractivity contribution in [2.24, 2.45) is 5.92 Å². The van der Waals surface area contributed by atoms with Crippen LogP contribution in [0.15, 0.2) is 0 Å². The fourth-order valence-corrected chi connectivity index (χ4v) is 1.76. The van der Waals surface area contributed by atoms with Crippen molar-refractivity contribution >= 4 is 5.97 Å². The van der Waals surface area contributed by atoms with Gasteiger partial charge in [-0.1, -0.05) is 0 Å². The fourth-order valence-electron chi connectivity index (χ4n) is 1.76. The summed E-state index contributed by atoms with van der Waals surface area (Å²) in [6.07, 6.45) is 1.30. The topological polar surface area (TPSA) is 44.8 Å². The lowest BCUT2D eigenvalue weighted by molar-refractivity contribution is -0.234. The van der Waals surface area contributed by atoms with Gasteiger partial charge in [-0.25, -0.2) is 0 Å². The molecule has 4 heteroatoms. The summed E-state index contributed by atoms with van der Waals surface area (Å²) in [5.41, 5.74) is 0. The van der Waals surface area contributed by atoms with Crippen LogP contribution in [0.25, 0.3) is 0 Å². The van der Waals surface area contributed by atoms with Crippen LogP contribution >= 0.6 is 0 Å². The van der Waals surface area contributed by atoms with Gasteiger partial charge in [0.15, 0.2) is 5.79 Å². The molecule has 0 N–H and O–H groups in total. The standard InChI is InChI=1S/C8H12O4/c1-10-7(9)6-4-8(5-6)11-2-3-12-8/h6H,2-5H2,1H3. The molecule has 0 amide bonds. The van der Waals surface area contributed by atoms with Gasteiger partial charge < -0.3 is 14.2 Å². The Morgan fingerprint density at radius 3 is 2.50 bits per heavy atom. The van der Waals surface area contributed by atoms with E-state index in [4.69, 9.17) is 9.47 Å². The van der Waals surface area contributed by atoms with E-state index in [1.807, 2.05) is 0 Å². The summed E-state index contributed by atoms with van der Waals surface area (Å²) in [7, 11) is 1.41. The molecule has 1 aliphatic heterocycles. The molecule has 0 atom stereocenters. The third kappa shape index (κ3) is 1.11. The van der Waals surface area contributed by atoms with E-state index in [1.54, 1.807) is 0 Å². The highest BCUT2D eigenvalue weighted by atomic mass is 16.7. The van der Waals surface area contributed by atoms with Crippen LogP contribution in [0, 0.1) is 5.92 Å². The highest BCUT2D eigenvalue weighted by Crippen LogP contribution is 2.44. The van der Waals surface area contributed by atoms with E-state index in [-0.39, 0.29) is 11.9 Å². The molecule has 1 saturated heterocycles. The van der Waals surface area contributed by atoms with Crippen molar-refractivity contribution in [3.63, 3.8) is 0 Å². The SMILES string of the molecule is COC(=O)C1CC2(C1)OCCO2. The Hall–Kier alpha value is -0.610. The van der Waals surface area contributed by atoms with E-state index in [9.17, 15) is 4.79 Å². The van der Waals surface area contributed by atoms with Crippen molar-refractivity contribution < 1.29 is 19.0 Å². The van der Waals surface area contributed by atoms with Crippen LogP contribution in [0.4, 0.5) is 0 Å². The summed E-state index contributed by atoms with van der Waals surface area (Å²) >= 11 is 0. The number of hydrogen-bond donors (Lipinski definition) is 0. The molecule has 2 fully saturated rings. The third-order valence-electron chi connectivity index (χ3n) is 2.46. The number of carbonyl (C=O) groups excluding carboxylic acids is 1. The quantitative estimate of drug-likeness (QED) is 0.534. The van der Waals surface area contributed by atoms with E-state index in [1.165, 1.54) is 7.11 Å². The van der Waals surface area contributed by atoms with Crippen molar-refractivity contribution in [2.45, 2.75) is 18.6 Å². The molecular weight excluding hydrogens is 160 g/mol. The van der Waals surface area contributed by atoms with E-state index in [2.05, 4.69) is 4.74 Å². The number of carbonyl (C=O) groups is 1. The maximum absolute atomic E-state index is 11.0. The molecule has 68 valence electrons. The Morgan fingerprint density at radius 1 is 1.42 bits per heavy atom. The van der Waals surface area contributed by atoms with Crippen LogP contribution in [-0.2, 0) is 19.0 Å². The molecule has 0 aromatic carbocycles. The highest BCUT2D eigenvalue weighted by Gasteiger charge is 2.52. The monoisotopic (exact) mass is 172 g/mol. The zero-order chi connectivity index (χ0) is 8.60. The Bertz CT molecular complexity index is 187. The van der Waals surface area contributed by atoms with Crippen molar-refractivity contribution in [3.8, 4) is 0 Å². The number of methoxy groups -OCH3 is 1. The van der Waals surface area contributed by atoms with Gasteiger partial charge in [0.1, 0.15) is 0 Å². The minimum atomic E-state index is -0.432. The van der Waals surface area contributed by atoms with Crippen molar-refractivity contribution in [3.05, 3.63) is 0 Å². The van der Waals surface area contributed by atoms with Crippen LogP contribution in [0.2, 0.25) is 0 Å². The second kappa shape index (κ2) is 2.71. The van der Waals surface area contributed by atoms with E-state index >= 15 is 0 Å². The molecule has 0 radical (unpaired) electrons. The van der Waals surface area contributed by atoms with Gasteiger partial charge in [-0.2, -0.15) is 0 Å². The summed E-state index contributed by atoms with van der Waals surface area (Å²) in [6.45, 7) is 1.29. The van der Waals surface area contributed by atoms with Crippen LogP contribution in [0.5, 0.6) is 0 Å². The molecule has 1 saturated carbocycles. The van der Waals surface area contributed by atoms with E-state index in [0.29, 0.717) is 26.1 Å². The predicted octanol–water partition coefficient (Wildman–Crippen LogP) is 0.312. The van der Waals surface area contributed by atoms with Crippen molar-refractivity contribution in [1.29, 1.82) is 0 Å². The molecule has 0 aromatic rings. The second-order valence-electron chi connectivity index (χ2n) is 3.24. The summed E-state index contributed by atoms with van der Waals surface area (Å²) in [4.78, 5) is 11.0. The van der Waals surface area contributed by atoms with Crippen molar-refractivity contribution in [2.75, 3.05) is 20.3 Å². The average Bonchev–Trinajstić information content (AvgIpc) is 2.48. The highest BCUT2D eigenvalue weighted by molar-refractivity contribution is 5.73. The maximum Gasteiger partial charge on any atom is 0.309 e. The summed E-state index contributed by atoms with van der Waals surface area (Å²) in [5.74, 6) is -0.605. The number of rotatable bonds is 1. The Labute approximate surface area is 70.8 Å². The molecule has 0 unspecified atom stereocenters. The molecule has 2 rings (SSSR count). The van der Waals surface area contributed by atoms with Crippen LogP contribution < -0.4 is 0 Å². The minimum Gasteiger partial charge on any atom is -0.469 e. The zero-order valence-corrected chi connectivity index (χ0v) is 7.04. The zero-order valence-electron chi connectivity index (χ0n) is 7.04. The largest absolute Gasteiger partial charge is 0.469 e. The summed E-state index contributed by atoms with van der Waals surface area (Å²) in [6, 6.07) is 0. The molecule has 0 aromatic heterocycles. The first kappa shape index (κ1) is 8.01. The maximum atomic E-state index is 11.0. The predicted molar refractivity (Wildman–Crippen MR) is 39.4 cm³/mol. The number of esters is 1. The molecule has 4 nitrogen and oxygen atoms in total. The molecule has 1 spiro atoms. The first-order chi connectivity index (χ1) is 5.76. The van der Waals surface area contributed by atoms with Crippen LogP contribution in [0.3, 0.4) is 0 Å². The lowest BCUT2D eigenvalue weighted by Gasteiger charge is -2.40. The van der Waals surface area contributed by atoms with E-state index < -0.39 is 5.79 Å². The van der Waals surface area contributed by atoms with Crippen LogP contribution in [0.1, 0.15) is 12.8 Å². The fraction of sp³-hybridized carbons (Fsp3) is 0.875. The van der Waals surface area contributed by atoms with Crippen molar-refractivity contribution in [1.82, 2.24) is 0 Å². The molecular formula is C8H12O4.